The van der Waals surface area contributed by atoms with Crippen LogP contribution in [0.25, 0.3) is 11.3 Å². The first kappa shape index (κ1) is 18.5. The van der Waals surface area contributed by atoms with Crippen LogP contribution in [-0.2, 0) is 11.2 Å². The molecule has 0 aliphatic carbocycles. The van der Waals surface area contributed by atoms with Crippen molar-refractivity contribution in [1.29, 1.82) is 0 Å². The third kappa shape index (κ3) is 4.69. The molecule has 4 heterocycles. The first-order valence-electron chi connectivity index (χ1n) is 8.14. The molecule has 0 spiro atoms. The number of pyridine rings is 2. The van der Waals surface area contributed by atoms with Crippen molar-refractivity contribution < 1.29 is 4.79 Å². The van der Waals surface area contributed by atoms with E-state index in [2.05, 4.69) is 30.6 Å². The Labute approximate surface area is 173 Å². The lowest BCUT2D eigenvalue weighted by atomic mass is 10.2. The van der Waals surface area contributed by atoms with Crippen molar-refractivity contribution in [2.24, 2.45) is 0 Å². The zero-order valence-corrected chi connectivity index (χ0v) is 16.7. The molecule has 28 heavy (non-hydrogen) atoms. The van der Waals surface area contributed by atoms with Gasteiger partial charge in [-0.05, 0) is 24.3 Å². The van der Waals surface area contributed by atoms with Gasteiger partial charge in [-0.2, -0.15) is 0 Å². The quantitative estimate of drug-likeness (QED) is 0.465. The third-order valence-corrected chi connectivity index (χ3v) is 5.35. The van der Waals surface area contributed by atoms with Gasteiger partial charge in [-0.3, -0.25) is 9.78 Å². The summed E-state index contributed by atoms with van der Waals surface area (Å²) in [4.78, 5) is 29.4. The number of carbonyl (C=O) groups is 1. The van der Waals surface area contributed by atoms with E-state index in [1.54, 1.807) is 30.7 Å². The Kier molecular flexibility index (Phi) is 5.56. The van der Waals surface area contributed by atoms with Gasteiger partial charge in [-0.25, -0.2) is 15.0 Å². The summed E-state index contributed by atoms with van der Waals surface area (Å²) in [5, 5.41) is 11.4. The van der Waals surface area contributed by atoms with Gasteiger partial charge in [0.2, 0.25) is 5.91 Å². The number of aromatic nitrogens is 4. The van der Waals surface area contributed by atoms with E-state index in [0.717, 1.165) is 11.3 Å². The highest BCUT2D eigenvalue weighted by Crippen LogP contribution is 2.25. The number of carbonyl (C=O) groups excluding carboxylic acids is 1. The average molecular weight is 429 g/mol. The number of nitrogens with zero attached hydrogens (tertiary/aromatic N) is 4. The lowest BCUT2D eigenvalue weighted by Gasteiger charge is -2.01. The topological polar surface area (TPSA) is 92.7 Å². The second-order valence-electron chi connectivity index (χ2n) is 5.64. The van der Waals surface area contributed by atoms with Gasteiger partial charge in [0, 0.05) is 34.9 Å². The molecule has 0 aliphatic rings. The summed E-state index contributed by atoms with van der Waals surface area (Å²) >= 11 is 8.60. The van der Waals surface area contributed by atoms with Crippen LogP contribution in [0.1, 0.15) is 5.69 Å². The Bertz CT molecular complexity index is 1080. The molecule has 0 saturated heterocycles. The minimum absolute atomic E-state index is 0.161. The SMILES string of the molecule is O=C(Cc1csc(Nc2ccc(Cl)cn2)n1)Nc1nc(-c2cccnc2)cs1. The van der Waals surface area contributed by atoms with E-state index >= 15 is 0 Å². The molecule has 0 fully saturated rings. The maximum absolute atomic E-state index is 12.3. The Balaban J connectivity index is 1.35. The van der Waals surface area contributed by atoms with Crippen molar-refractivity contribution in [2.45, 2.75) is 6.42 Å². The molecule has 1 amide bonds. The van der Waals surface area contributed by atoms with Crippen LogP contribution in [0, 0.1) is 0 Å². The third-order valence-electron chi connectivity index (χ3n) is 3.56. The van der Waals surface area contributed by atoms with Crippen LogP contribution in [0.5, 0.6) is 0 Å². The minimum atomic E-state index is -0.173. The molecule has 7 nitrogen and oxygen atoms in total. The van der Waals surface area contributed by atoms with Crippen LogP contribution in [-0.4, -0.2) is 25.8 Å². The van der Waals surface area contributed by atoms with Crippen molar-refractivity contribution >= 4 is 56.3 Å². The summed E-state index contributed by atoms with van der Waals surface area (Å²) < 4.78 is 0. The lowest BCUT2D eigenvalue weighted by molar-refractivity contribution is -0.115. The average Bonchev–Trinajstić information content (AvgIpc) is 3.34. The predicted molar refractivity (Wildman–Crippen MR) is 112 cm³/mol. The molecule has 0 aliphatic heterocycles. The highest BCUT2D eigenvalue weighted by molar-refractivity contribution is 7.14. The van der Waals surface area contributed by atoms with E-state index < -0.39 is 0 Å². The van der Waals surface area contributed by atoms with Gasteiger partial charge in [0.25, 0.3) is 0 Å². The van der Waals surface area contributed by atoms with Crippen molar-refractivity contribution in [1.82, 2.24) is 19.9 Å². The molecule has 4 rings (SSSR count). The van der Waals surface area contributed by atoms with E-state index in [0.29, 0.717) is 26.8 Å². The second kappa shape index (κ2) is 8.42. The summed E-state index contributed by atoms with van der Waals surface area (Å²) in [5.41, 5.74) is 2.36. The van der Waals surface area contributed by atoms with Gasteiger partial charge < -0.3 is 10.6 Å². The molecule has 0 radical (unpaired) electrons. The van der Waals surface area contributed by atoms with Crippen molar-refractivity contribution in [2.75, 3.05) is 10.6 Å². The molecule has 0 aromatic carbocycles. The Morgan fingerprint density at radius 3 is 2.75 bits per heavy atom. The number of anilines is 3. The molecule has 4 aromatic heterocycles. The first-order chi connectivity index (χ1) is 13.7. The summed E-state index contributed by atoms with van der Waals surface area (Å²) in [6, 6.07) is 7.28. The Hall–Kier alpha value is -2.88. The zero-order chi connectivity index (χ0) is 19.3. The number of halogens is 1. The van der Waals surface area contributed by atoms with E-state index in [-0.39, 0.29) is 12.3 Å². The highest BCUT2D eigenvalue weighted by Gasteiger charge is 2.11. The molecule has 4 aromatic rings. The molecule has 2 N–H and O–H groups in total. The molecular formula is C18H13ClN6OS2. The van der Waals surface area contributed by atoms with Gasteiger partial charge in [-0.1, -0.05) is 11.6 Å². The number of rotatable bonds is 6. The van der Waals surface area contributed by atoms with Crippen molar-refractivity contribution in [3.05, 3.63) is 64.3 Å². The normalized spacial score (nSPS) is 10.6. The van der Waals surface area contributed by atoms with Crippen LogP contribution >= 0.6 is 34.3 Å². The fourth-order valence-electron chi connectivity index (χ4n) is 2.31. The summed E-state index contributed by atoms with van der Waals surface area (Å²) in [6.45, 7) is 0. The Morgan fingerprint density at radius 2 is 1.96 bits per heavy atom. The zero-order valence-electron chi connectivity index (χ0n) is 14.3. The molecule has 0 bridgehead atoms. The molecule has 140 valence electrons. The van der Waals surface area contributed by atoms with Gasteiger partial charge >= 0.3 is 0 Å². The van der Waals surface area contributed by atoms with Crippen molar-refractivity contribution in [3.8, 4) is 11.3 Å². The summed E-state index contributed by atoms with van der Waals surface area (Å²) in [5.74, 6) is 0.467. The maximum atomic E-state index is 12.3. The van der Waals surface area contributed by atoms with Gasteiger partial charge in [0.15, 0.2) is 10.3 Å². The van der Waals surface area contributed by atoms with Crippen LogP contribution in [0.2, 0.25) is 5.02 Å². The molecule has 0 atom stereocenters. The number of thiazole rings is 2. The minimum Gasteiger partial charge on any atom is -0.316 e. The largest absolute Gasteiger partial charge is 0.316 e. The fourth-order valence-corrected chi connectivity index (χ4v) is 3.88. The van der Waals surface area contributed by atoms with E-state index in [9.17, 15) is 4.79 Å². The Morgan fingerprint density at radius 1 is 1.07 bits per heavy atom. The highest BCUT2D eigenvalue weighted by atomic mass is 35.5. The standard InChI is InChI=1S/C18H13ClN6OS2/c19-12-3-4-15(21-8-12)24-17-22-13(9-27-17)6-16(26)25-18-23-14(10-28-18)11-2-1-5-20-7-11/h1-5,7-10H,6H2,(H,21,22,24)(H,23,25,26). The lowest BCUT2D eigenvalue weighted by Crippen LogP contribution is -2.14. The maximum Gasteiger partial charge on any atom is 0.232 e. The van der Waals surface area contributed by atoms with Crippen molar-refractivity contribution in [3.63, 3.8) is 0 Å². The molecule has 0 unspecified atom stereocenters. The van der Waals surface area contributed by atoms with E-state index in [1.165, 1.54) is 22.7 Å². The number of hydrogen-bond acceptors (Lipinski definition) is 8. The molecule has 10 heteroatoms. The van der Waals surface area contributed by atoms with E-state index in [4.69, 9.17) is 11.6 Å². The monoisotopic (exact) mass is 428 g/mol. The number of nitrogens with one attached hydrogen (secondary N) is 2. The number of amides is 1. The summed E-state index contributed by atoms with van der Waals surface area (Å²) in [7, 11) is 0. The van der Waals surface area contributed by atoms with Crippen LogP contribution < -0.4 is 10.6 Å². The summed E-state index contributed by atoms with van der Waals surface area (Å²) in [6.07, 6.45) is 5.16. The smallest absolute Gasteiger partial charge is 0.232 e. The van der Waals surface area contributed by atoms with Crippen LogP contribution in [0.15, 0.2) is 53.6 Å². The second-order valence-corrected chi connectivity index (χ2v) is 7.79. The fraction of sp³-hybridized carbons (Fsp3) is 0.0556. The van der Waals surface area contributed by atoms with Gasteiger partial charge in [0.1, 0.15) is 5.82 Å². The molecule has 0 saturated carbocycles. The molecular weight excluding hydrogens is 416 g/mol. The van der Waals surface area contributed by atoms with Gasteiger partial charge in [0.05, 0.1) is 22.8 Å². The first-order valence-corrected chi connectivity index (χ1v) is 10.3. The van der Waals surface area contributed by atoms with Gasteiger partial charge in [-0.15, -0.1) is 22.7 Å². The predicted octanol–water partition coefficient (Wildman–Crippen LogP) is 4.63. The van der Waals surface area contributed by atoms with Crippen LogP contribution in [0.4, 0.5) is 16.1 Å². The van der Waals surface area contributed by atoms with E-state index in [1.807, 2.05) is 22.9 Å². The van der Waals surface area contributed by atoms with Crippen LogP contribution in [0.3, 0.4) is 0 Å². The number of hydrogen-bond donors (Lipinski definition) is 2.